The van der Waals surface area contributed by atoms with Crippen LogP contribution in [0.15, 0.2) is 57.9 Å². The van der Waals surface area contributed by atoms with Gasteiger partial charge in [-0.15, -0.1) is 0 Å². The predicted molar refractivity (Wildman–Crippen MR) is 128 cm³/mol. The lowest BCUT2D eigenvalue weighted by molar-refractivity contribution is 0.0930. The van der Waals surface area contributed by atoms with Gasteiger partial charge in [0.1, 0.15) is 22.8 Å². The number of ether oxygens (including phenoxy) is 2. The Bertz CT molecular complexity index is 1170. The van der Waals surface area contributed by atoms with Gasteiger partial charge in [0.2, 0.25) is 0 Å². The van der Waals surface area contributed by atoms with Crippen molar-refractivity contribution in [2.75, 3.05) is 26.8 Å². The molecular weight excluding hydrogens is 434 g/mol. The lowest BCUT2D eigenvalue weighted by Crippen LogP contribution is -2.32. The third-order valence-electron chi connectivity index (χ3n) is 6.09. The topological polar surface area (TPSA) is 85.9 Å². The van der Waals surface area contributed by atoms with Crippen LogP contribution in [-0.4, -0.2) is 42.2 Å². The van der Waals surface area contributed by atoms with Crippen LogP contribution in [0.4, 0.5) is 0 Å². The van der Waals surface area contributed by atoms with E-state index in [2.05, 4.69) is 22.3 Å². The Balaban J connectivity index is 1.55. The summed E-state index contributed by atoms with van der Waals surface area (Å²) in [5.41, 5.74) is 2.11. The van der Waals surface area contributed by atoms with Crippen LogP contribution in [0.2, 0.25) is 0 Å². The molecule has 0 bridgehead atoms. The fraction of sp³-hybridized carbons (Fsp3) is 0.385. The number of rotatable bonds is 8. The molecular formula is C26H31N3O5. The second kappa shape index (κ2) is 10.6. The largest absolute Gasteiger partial charge is 0.496 e. The summed E-state index contributed by atoms with van der Waals surface area (Å²) in [6, 6.07) is 12.8. The molecule has 34 heavy (non-hydrogen) atoms. The molecule has 0 saturated carbocycles. The van der Waals surface area contributed by atoms with Gasteiger partial charge in [-0.3, -0.25) is 14.5 Å². The molecule has 0 fully saturated rings. The maximum absolute atomic E-state index is 13.3. The van der Waals surface area contributed by atoms with Crippen molar-refractivity contribution < 1.29 is 18.7 Å². The van der Waals surface area contributed by atoms with Gasteiger partial charge < -0.3 is 23.8 Å². The molecule has 1 N–H and O–H groups in total. The number of carbonyl (C=O) groups is 1. The Kier molecular flexibility index (Phi) is 7.37. The van der Waals surface area contributed by atoms with Gasteiger partial charge in [0.25, 0.3) is 11.5 Å². The maximum Gasteiger partial charge on any atom is 0.257 e. The second-order valence-electron chi connectivity index (χ2n) is 8.34. The van der Waals surface area contributed by atoms with E-state index in [1.54, 1.807) is 16.9 Å². The molecule has 8 nitrogen and oxygen atoms in total. The molecule has 0 aliphatic carbocycles. The highest BCUT2D eigenvalue weighted by molar-refractivity contribution is 5.98. The molecule has 1 aliphatic rings. The van der Waals surface area contributed by atoms with Gasteiger partial charge in [0.15, 0.2) is 0 Å². The number of benzene rings is 1. The van der Waals surface area contributed by atoms with Crippen molar-refractivity contribution >= 4 is 5.91 Å². The number of carbonyl (C=O) groups excluding carboxylic acids is 1. The van der Waals surface area contributed by atoms with E-state index < -0.39 is 0 Å². The van der Waals surface area contributed by atoms with Crippen LogP contribution in [0.3, 0.4) is 0 Å². The number of pyridine rings is 1. The molecule has 1 amide bonds. The molecule has 180 valence electrons. The normalized spacial score (nSPS) is 14.7. The lowest BCUT2D eigenvalue weighted by Gasteiger charge is -2.19. The lowest BCUT2D eigenvalue weighted by atomic mass is 10.1. The van der Waals surface area contributed by atoms with Crippen molar-refractivity contribution in [1.82, 2.24) is 14.8 Å². The highest BCUT2D eigenvalue weighted by Crippen LogP contribution is 2.25. The summed E-state index contributed by atoms with van der Waals surface area (Å²) in [6.45, 7) is 7.14. The molecule has 1 aliphatic heterocycles. The summed E-state index contributed by atoms with van der Waals surface area (Å²) in [5, 5.41) is 2.98. The summed E-state index contributed by atoms with van der Waals surface area (Å²) in [7, 11) is 1.48. The fourth-order valence-electron chi connectivity index (χ4n) is 4.35. The molecule has 0 spiro atoms. The summed E-state index contributed by atoms with van der Waals surface area (Å²) in [4.78, 5) is 28.5. The number of hydrogen-bond donors (Lipinski definition) is 1. The molecule has 0 saturated heterocycles. The van der Waals surface area contributed by atoms with Crippen molar-refractivity contribution in [3.05, 3.63) is 81.7 Å². The van der Waals surface area contributed by atoms with Gasteiger partial charge in [-0.2, -0.15) is 0 Å². The Morgan fingerprint density at radius 1 is 1.18 bits per heavy atom. The van der Waals surface area contributed by atoms with Crippen molar-refractivity contribution in [3.63, 3.8) is 0 Å². The third-order valence-corrected chi connectivity index (χ3v) is 6.09. The Morgan fingerprint density at radius 3 is 2.65 bits per heavy atom. The van der Waals surface area contributed by atoms with Crippen molar-refractivity contribution in [2.45, 2.75) is 39.4 Å². The number of amides is 1. The van der Waals surface area contributed by atoms with E-state index in [0.717, 1.165) is 12.3 Å². The van der Waals surface area contributed by atoms with Gasteiger partial charge in [-0.25, -0.2) is 0 Å². The zero-order valence-electron chi connectivity index (χ0n) is 19.9. The van der Waals surface area contributed by atoms with Crippen molar-refractivity contribution in [2.24, 2.45) is 0 Å². The number of nitrogens with zero attached hydrogens (tertiary/aromatic N) is 2. The zero-order chi connectivity index (χ0) is 24.1. The molecule has 4 rings (SSSR count). The Labute approximate surface area is 199 Å². The van der Waals surface area contributed by atoms with E-state index in [0.29, 0.717) is 55.4 Å². The second-order valence-corrected chi connectivity index (χ2v) is 8.34. The third kappa shape index (κ3) is 5.17. The average Bonchev–Trinajstić information content (AvgIpc) is 3.29. The van der Waals surface area contributed by atoms with Crippen LogP contribution in [-0.2, 0) is 19.5 Å². The molecule has 1 unspecified atom stereocenters. The van der Waals surface area contributed by atoms with Crippen LogP contribution < -0.4 is 20.3 Å². The van der Waals surface area contributed by atoms with Crippen LogP contribution in [0.1, 0.15) is 47.3 Å². The van der Waals surface area contributed by atoms with Gasteiger partial charge in [-0.1, -0.05) is 12.1 Å². The van der Waals surface area contributed by atoms with Gasteiger partial charge >= 0.3 is 0 Å². The minimum Gasteiger partial charge on any atom is -0.496 e. The highest BCUT2D eigenvalue weighted by Gasteiger charge is 2.26. The number of methoxy groups -OCH3 is 1. The van der Waals surface area contributed by atoms with Crippen LogP contribution in [0.25, 0.3) is 0 Å². The van der Waals surface area contributed by atoms with E-state index in [-0.39, 0.29) is 17.5 Å². The Morgan fingerprint density at radius 2 is 1.97 bits per heavy atom. The standard InChI is InChI=1S/C26H31N3O5/c1-4-33-20-9-7-19(8-10-20)17-28-12-11-21-25(23(32-3)16-24(30)29(21)14-13-28)26(31)27-18(2)22-6-5-15-34-22/h5-10,15-16,18H,4,11-14,17H2,1-3H3,(H,27,31). The zero-order valence-corrected chi connectivity index (χ0v) is 19.9. The van der Waals surface area contributed by atoms with Crippen molar-refractivity contribution in [1.29, 1.82) is 0 Å². The number of nitrogens with one attached hydrogen (secondary N) is 1. The quantitative estimate of drug-likeness (QED) is 0.549. The van der Waals surface area contributed by atoms with Gasteiger partial charge in [0.05, 0.1) is 26.0 Å². The van der Waals surface area contributed by atoms with Gasteiger partial charge in [-0.05, 0) is 43.7 Å². The van der Waals surface area contributed by atoms with E-state index in [9.17, 15) is 9.59 Å². The van der Waals surface area contributed by atoms with E-state index >= 15 is 0 Å². The molecule has 3 aromatic rings. The maximum atomic E-state index is 13.3. The molecule has 8 heteroatoms. The molecule has 0 radical (unpaired) electrons. The monoisotopic (exact) mass is 465 g/mol. The molecule has 3 heterocycles. The minimum absolute atomic E-state index is 0.162. The summed E-state index contributed by atoms with van der Waals surface area (Å²) in [6.07, 6.45) is 2.13. The van der Waals surface area contributed by atoms with E-state index in [1.165, 1.54) is 18.7 Å². The number of hydrogen-bond acceptors (Lipinski definition) is 6. The first-order valence-electron chi connectivity index (χ1n) is 11.6. The smallest absolute Gasteiger partial charge is 0.257 e. The Hall–Kier alpha value is -3.52. The van der Waals surface area contributed by atoms with Crippen LogP contribution in [0, 0.1) is 0 Å². The number of fused-ring (bicyclic) bond motifs is 1. The predicted octanol–water partition coefficient (Wildman–Crippen LogP) is 3.40. The first kappa shape index (κ1) is 23.6. The molecule has 2 aromatic heterocycles. The number of aromatic nitrogens is 1. The minimum atomic E-state index is -0.318. The molecule has 1 atom stereocenters. The first-order valence-corrected chi connectivity index (χ1v) is 11.6. The summed E-state index contributed by atoms with van der Waals surface area (Å²) < 4.78 is 18.1. The van der Waals surface area contributed by atoms with Crippen LogP contribution in [0.5, 0.6) is 11.5 Å². The van der Waals surface area contributed by atoms with Crippen molar-refractivity contribution in [3.8, 4) is 11.5 Å². The SMILES string of the molecule is CCOc1ccc(CN2CCc3c(C(=O)NC(C)c4ccco4)c(OC)cc(=O)n3CC2)cc1. The summed E-state index contributed by atoms with van der Waals surface area (Å²) in [5.74, 6) is 1.52. The number of furan rings is 1. The average molecular weight is 466 g/mol. The van der Waals surface area contributed by atoms with Crippen LogP contribution >= 0.6 is 0 Å². The molecule has 1 aromatic carbocycles. The highest BCUT2D eigenvalue weighted by atomic mass is 16.5. The first-order chi connectivity index (χ1) is 16.5. The van der Waals surface area contributed by atoms with Gasteiger partial charge in [0, 0.05) is 44.4 Å². The summed E-state index contributed by atoms with van der Waals surface area (Å²) >= 11 is 0. The van der Waals surface area contributed by atoms with E-state index in [1.807, 2.05) is 32.0 Å². The fourth-order valence-corrected chi connectivity index (χ4v) is 4.35. The van der Waals surface area contributed by atoms with E-state index in [4.69, 9.17) is 13.9 Å².